The molecule has 4 rings (SSSR count). The number of benzene rings is 1. The zero-order valence-electron chi connectivity index (χ0n) is 18.6. The maximum absolute atomic E-state index is 12.7. The maximum atomic E-state index is 12.7. The summed E-state index contributed by atoms with van der Waals surface area (Å²) in [6.07, 6.45) is 3.20. The molecular weight excluding hydrogens is 366 g/mol. The lowest BCUT2D eigenvalue weighted by Crippen LogP contribution is -2.59. The van der Waals surface area contributed by atoms with Gasteiger partial charge in [0, 0.05) is 18.6 Å². The van der Waals surface area contributed by atoms with E-state index in [-0.39, 0.29) is 34.8 Å². The molecule has 2 aliphatic carbocycles. The standard InChI is InChI=1S/C24H35NO4/c1-14(2)21(26)25-22-23(3,4)15-12-16-20(29-11-10-24(16,22)13-15)19-17(27-5)8-7-9-18(19)28-6/h7-9,14-16,20,22H,10-13H2,1-6H3,(H,25,26)/t15-,16-,20+,22+,24?/m1/s1. The summed E-state index contributed by atoms with van der Waals surface area (Å²) in [5, 5.41) is 3.46. The van der Waals surface area contributed by atoms with Gasteiger partial charge in [0.1, 0.15) is 11.5 Å². The molecule has 2 bridgehead atoms. The lowest BCUT2D eigenvalue weighted by atomic mass is 9.58. The molecule has 5 atom stereocenters. The molecular formula is C24H35NO4. The number of ether oxygens (including phenoxy) is 3. The van der Waals surface area contributed by atoms with Gasteiger partial charge in [-0.1, -0.05) is 33.8 Å². The molecule has 2 saturated carbocycles. The van der Waals surface area contributed by atoms with Crippen LogP contribution >= 0.6 is 0 Å². The summed E-state index contributed by atoms with van der Waals surface area (Å²) in [5.74, 6) is 2.70. The second kappa shape index (κ2) is 7.19. The number of rotatable bonds is 5. The van der Waals surface area contributed by atoms with Crippen molar-refractivity contribution in [3.63, 3.8) is 0 Å². The van der Waals surface area contributed by atoms with E-state index in [1.54, 1.807) is 14.2 Å². The Morgan fingerprint density at radius 3 is 2.45 bits per heavy atom. The molecule has 29 heavy (non-hydrogen) atoms. The summed E-state index contributed by atoms with van der Waals surface area (Å²) in [6.45, 7) is 9.30. The zero-order chi connectivity index (χ0) is 21.0. The zero-order valence-corrected chi connectivity index (χ0v) is 18.6. The number of methoxy groups -OCH3 is 2. The number of carbonyl (C=O) groups is 1. The maximum Gasteiger partial charge on any atom is 0.222 e. The molecule has 3 aliphatic rings. The Bertz CT molecular complexity index is 767. The monoisotopic (exact) mass is 401 g/mol. The van der Waals surface area contributed by atoms with Gasteiger partial charge in [-0.25, -0.2) is 0 Å². The molecule has 1 aromatic carbocycles. The molecule has 160 valence electrons. The van der Waals surface area contributed by atoms with Gasteiger partial charge in [0.15, 0.2) is 0 Å². The Kier molecular flexibility index (Phi) is 5.09. The number of carbonyl (C=O) groups excluding carboxylic acids is 1. The summed E-state index contributed by atoms with van der Waals surface area (Å²) < 4.78 is 17.8. The normalized spacial score (nSPS) is 34.7. The van der Waals surface area contributed by atoms with E-state index in [0.29, 0.717) is 18.4 Å². The average Bonchev–Trinajstić information content (AvgIpc) is 3.19. The molecule has 5 nitrogen and oxygen atoms in total. The third-order valence-electron chi connectivity index (χ3n) is 8.07. The highest BCUT2D eigenvalue weighted by molar-refractivity contribution is 5.78. The van der Waals surface area contributed by atoms with E-state index < -0.39 is 0 Å². The molecule has 1 amide bonds. The van der Waals surface area contributed by atoms with Gasteiger partial charge in [-0.2, -0.15) is 0 Å². The van der Waals surface area contributed by atoms with E-state index in [0.717, 1.165) is 36.3 Å². The first-order chi connectivity index (χ1) is 13.8. The summed E-state index contributed by atoms with van der Waals surface area (Å²) in [4.78, 5) is 12.7. The van der Waals surface area contributed by atoms with Gasteiger partial charge in [0.25, 0.3) is 0 Å². The van der Waals surface area contributed by atoms with E-state index in [1.807, 2.05) is 32.0 Å². The number of nitrogens with one attached hydrogen (secondary N) is 1. The average molecular weight is 402 g/mol. The molecule has 1 N–H and O–H groups in total. The molecule has 1 spiro atoms. The van der Waals surface area contributed by atoms with Gasteiger partial charge in [-0.05, 0) is 54.1 Å². The van der Waals surface area contributed by atoms with Crippen molar-refractivity contribution in [1.29, 1.82) is 0 Å². The predicted octanol–water partition coefficient (Wildman–Crippen LogP) is 4.36. The van der Waals surface area contributed by atoms with Gasteiger partial charge >= 0.3 is 0 Å². The van der Waals surface area contributed by atoms with Gasteiger partial charge < -0.3 is 19.5 Å². The van der Waals surface area contributed by atoms with Gasteiger partial charge in [0.2, 0.25) is 5.91 Å². The van der Waals surface area contributed by atoms with Crippen molar-refractivity contribution >= 4 is 5.91 Å². The van der Waals surface area contributed by atoms with Crippen LogP contribution in [0, 0.1) is 28.6 Å². The van der Waals surface area contributed by atoms with Gasteiger partial charge in [-0.15, -0.1) is 0 Å². The van der Waals surface area contributed by atoms with E-state index in [1.165, 1.54) is 0 Å². The Morgan fingerprint density at radius 2 is 1.86 bits per heavy atom. The van der Waals surface area contributed by atoms with Crippen LogP contribution in [-0.4, -0.2) is 32.8 Å². The molecule has 1 aromatic rings. The van der Waals surface area contributed by atoms with Crippen LogP contribution in [0.5, 0.6) is 11.5 Å². The molecule has 5 heteroatoms. The topological polar surface area (TPSA) is 56.8 Å². The number of hydrogen-bond acceptors (Lipinski definition) is 4. The van der Waals surface area contributed by atoms with Crippen molar-refractivity contribution in [2.24, 2.45) is 28.6 Å². The highest BCUT2D eigenvalue weighted by Gasteiger charge is 2.68. The van der Waals surface area contributed by atoms with Crippen molar-refractivity contribution in [3.8, 4) is 11.5 Å². The van der Waals surface area contributed by atoms with Crippen LogP contribution in [0.2, 0.25) is 0 Å². The molecule has 0 radical (unpaired) electrons. The van der Waals surface area contributed by atoms with Gasteiger partial charge in [-0.3, -0.25) is 4.79 Å². The molecule has 1 heterocycles. The first kappa shape index (κ1) is 20.5. The van der Waals surface area contributed by atoms with E-state index in [9.17, 15) is 4.79 Å². The van der Waals surface area contributed by atoms with Crippen molar-refractivity contribution < 1.29 is 19.0 Å². The van der Waals surface area contributed by atoms with Crippen LogP contribution in [0.25, 0.3) is 0 Å². The Balaban J connectivity index is 1.75. The largest absolute Gasteiger partial charge is 0.496 e. The van der Waals surface area contributed by atoms with Crippen LogP contribution in [-0.2, 0) is 9.53 Å². The SMILES string of the molecule is COc1cccc(OC)c1[C@H]1OCCC23C[C@@H](C[C@H]12)C(C)(C)[C@@H]3NC(=O)C(C)C. The first-order valence-electron chi connectivity index (χ1n) is 10.9. The summed E-state index contributed by atoms with van der Waals surface area (Å²) in [6, 6.07) is 6.09. The fraction of sp³-hybridized carbons (Fsp3) is 0.708. The lowest BCUT2D eigenvalue weighted by Gasteiger charge is -2.53. The number of amides is 1. The summed E-state index contributed by atoms with van der Waals surface area (Å²) in [5.41, 5.74) is 1.17. The van der Waals surface area contributed by atoms with Crippen molar-refractivity contribution in [1.82, 2.24) is 5.32 Å². The van der Waals surface area contributed by atoms with Crippen molar-refractivity contribution in [2.75, 3.05) is 20.8 Å². The highest BCUT2D eigenvalue weighted by atomic mass is 16.5. The molecule has 1 aliphatic heterocycles. The minimum atomic E-state index is -0.0746. The van der Waals surface area contributed by atoms with Crippen molar-refractivity contribution in [3.05, 3.63) is 23.8 Å². The van der Waals surface area contributed by atoms with Crippen LogP contribution in [0.3, 0.4) is 0 Å². The van der Waals surface area contributed by atoms with Crippen LogP contribution < -0.4 is 14.8 Å². The second-order valence-corrected chi connectivity index (χ2v) is 10.0. The number of hydrogen-bond donors (Lipinski definition) is 1. The Morgan fingerprint density at radius 1 is 1.21 bits per heavy atom. The quantitative estimate of drug-likeness (QED) is 0.797. The van der Waals surface area contributed by atoms with Crippen molar-refractivity contribution in [2.45, 2.75) is 59.1 Å². The third kappa shape index (κ3) is 2.96. The Labute approximate surface area is 174 Å². The van der Waals surface area contributed by atoms with Gasteiger partial charge in [0.05, 0.1) is 25.9 Å². The molecule has 1 unspecified atom stereocenters. The highest BCUT2D eigenvalue weighted by Crippen LogP contribution is 2.71. The van der Waals surface area contributed by atoms with Crippen LogP contribution in [0.4, 0.5) is 0 Å². The van der Waals surface area contributed by atoms with Crippen LogP contribution in [0.1, 0.15) is 58.6 Å². The second-order valence-electron chi connectivity index (χ2n) is 10.0. The Hall–Kier alpha value is -1.75. The molecule has 1 saturated heterocycles. The lowest BCUT2D eigenvalue weighted by molar-refractivity contribution is -0.139. The van der Waals surface area contributed by atoms with E-state index >= 15 is 0 Å². The van der Waals surface area contributed by atoms with E-state index in [2.05, 4.69) is 19.2 Å². The molecule has 0 aromatic heterocycles. The smallest absolute Gasteiger partial charge is 0.222 e. The first-order valence-corrected chi connectivity index (χ1v) is 10.9. The minimum absolute atomic E-state index is 0.00951. The fourth-order valence-electron chi connectivity index (χ4n) is 6.54. The predicted molar refractivity (Wildman–Crippen MR) is 112 cm³/mol. The van der Waals surface area contributed by atoms with E-state index in [4.69, 9.17) is 14.2 Å². The molecule has 3 fully saturated rings. The van der Waals surface area contributed by atoms with Crippen LogP contribution in [0.15, 0.2) is 18.2 Å². The third-order valence-corrected chi connectivity index (χ3v) is 8.07. The number of fused-ring (bicyclic) bond motifs is 1. The summed E-state index contributed by atoms with van der Waals surface area (Å²) >= 11 is 0. The minimum Gasteiger partial charge on any atom is -0.496 e. The fourth-order valence-corrected chi connectivity index (χ4v) is 6.54. The summed E-state index contributed by atoms with van der Waals surface area (Å²) in [7, 11) is 3.40.